The average molecular weight is 440 g/mol. The van der Waals surface area contributed by atoms with Crippen molar-refractivity contribution in [2.75, 3.05) is 58.9 Å². The Morgan fingerprint density at radius 2 is 1.94 bits per heavy atom. The topological polar surface area (TPSA) is 120 Å². The Morgan fingerprint density at radius 3 is 2.58 bits per heavy atom. The highest BCUT2D eigenvalue weighted by atomic mass is 16.5. The minimum absolute atomic E-state index is 0.0277. The van der Waals surface area contributed by atoms with Crippen LogP contribution in [0.4, 0.5) is 5.95 Å². The van der Waals surface area contributed by atoms with E-state index in [9.17, 15) is 15.0 Å². The third-order valence-electron chi connectivity index (χ3n) is 5.46. The van der Waals surface area contributed by atoms with E-state index in [-0.39, 0.29) is 19.1 Å². The van der Waals surface area contributed by atoms with E-state index in [0.29, 0.717) is 19.1 Å². The highest BCUT2D eigenvalue weighted by molar-refractivity contribution is 5.73. The minimum Gasteiger partial charge on any atom is -0.388 e. The highest BCUT2D eigenvalue weighted by Crippen LogP contribution is 2.11. The molecule has 3 N–H and O–H groups in total. The second kappa shape index (κ2) is 13.5. The third kappa shape index (κ3) is 8.66. The van der Waals surface area contributed by atoms with E-state index in [2.05, 4.69) is 20.2 Å². The number of hydrogen-bond donors (Lipinski definition) is 3. The van der Waals surface area contributed by atoms with Crippen LogP contribution in [0.2, 0.25) is 0 Å². The van der Waals surface area contributed by atoms with Crippen molar-refractivity contribution >= 4 is 11.9 Å². The average Bonchev–Trinajstić information content (AvgIpc) is 2.77. The van der Waals surface area contributed by atoms with Gasteiger partial charge in [0, 0.05) is 71.8 Å². The standard InChI is InChI=1S/C21H37N5O5/c1-16(27)26-9-6-8-25(13-17-11-23-21(22-2)24-12-17)7-4-5-10-31-15-18(28)20(29)19(14-26)30-3/h11-12,18-20,28-29H,4-10,13-15H2,1-3H3,(H,22,23,24)/t18-,19-,20-/m0/s1. The number of anilines is 1. The van der Waals surface area contributed by atoms with Crippen LogP contribution in [0.5, 0.6) is 0 Å². The summed E-state index contributed by atoms with van der Waals surface area (Å²) in [6.45, 7) is 5.21. The monoisotopic (exact) mass is 439 g/mol. The summed E-state index contributed by atoms with van der Waals surface area (Å²) in [5.41, 5.74) is 1.03. The number of nitrogens with one attached hydrogen (secondary N) is 1. The summed E-state index contributed by atoms with van der Waals surface area (Å²) in [5, 5.41) is 23.6. The summed E-state index contributed by atoms with van der Waals surface area (Å²) in [4.78, 5) is 24.7. The first-order valence-electron chi connectivity index (χ1n) is 10.9. The molecule has 0 radical (unpaired) electrons. The van der Waals surface area contributed by atoms with Gasteiger partial charge in [-0.05, 0) is 25.8 Å². The molecule has 1 aromatic heterocycles. The zero-order chi connectivity index (χ0) is 22.6. The number of ether oxygens (including phenoxy) is 2. The number of amides is 1. The Balaban J connectivity index is 2.05. The summed E-state index contributed by atoms with van der Waals surface area (Å²) in [5.74, 6) is 0.499. The molecule has 176 valence electrons. The largest absolute Gasteiger partial charge is 0.388 e. The number of aliphatic hydroxyl groups excluding tert-OH is 2. The highest BCUT2D eigenvalue weighted by Gasteiger charge is 2.29. The van der Waals surface area contributed by atoms with Crippen LogP contribution in [0.1, 0.15) is 31.7 Å². The van der Waals surface area contributed by atoms with Gasteiger partial charge in [0.15, 0.2) is 0 Å². The molecule has 1 amide bonds. The van der Waals surface area contributed by atoms with Gasteiger partial charge in [-0.2, -0.15) is 0 Å². The maximum absolute atomic E-state index is 12.1. The lowest BCUT2D eigenvalue weighted by atomic mass is 10.1. The summed E-state index contributed by atoms with van der Waals surface area (Å²) in [7, 11) is 3.25. The molecule has 31 heavy (non-hydrogen) atoms. The molecule has 2 heterocycles. The quantitative estimate of drug-likeness (QED) is 0.600. The van der Waals surface area contributed by atoms with Gasteiger partial charge in [0.05, 0.1) is 6.61 Å². The van der Waals surface area contributed by atoms with E-state index in [1.165, 1.54) is 14.0 Å². The van der Waals surface area contributed by atoms with Gasteiger partial charge in [-0.1, -0.05) is 0 Å². The number of methoxy groups -OCH3 is 1. The fourth-order valence-electron chi connectivity index (χ4n) is 3.59. The number of aliphatic hydroxyl groups is 2. The summed E-state index contributed by atoms with van der Waals surface area (Å²) in [6, 6.07) is 0. The molecule has 2 rings (SSSR count). The zero-order valence-corrected chi connectivity index (χ0v) is 18.9. The molecular formula is C21H37N5O5. The number of aromatic nitrogens is 2. The van der Waals surface area contributed by atoms with Crippen LogP contribution in [0.15, 0.2) is 12.4 Å². The Labute approximate surface area is 184 Å². The number of carbonyl (C=O) groups is 1. The molecule has 0 unspecified atom stereocenters. The molecule has 1 aliphatic heterocycles. The van der Waals surface area contributed by atoms with E-state index in [1.54, 1.807) is 11.9 Å². The molecular weight excluding hydrogens is 402 g/mol. The first kappa shape index (κ1) is 25.4. The minimum atomic E-state index is -1.13. The Kier molecular flexibility index (Phi) is 11.1. The van der Waals surface area contributed by atoms with Crippen LogP contribution in [-0.4, -0.2) is 108 Å². The zero-order valence-electron chi connectivity index (χ0n) is 18.9. The SMILES string of the molecule is CNc1ncc(CN2CCCCOC[C@H](O)[C@H](O)[C@@H](OC)CN(C(C)=O)CCC2)cn1. The molecule has 3 atom stereocenters. The lowest BCUT2D eigenvalue weighted by Crippen LogP contribution is -2.48. The van der Waals surface area contributed by atoms with Crippen molar-refractivity contribution in [3.05, 3.63) is 18.0 Å². The molecule has 0 spiro atoms. The lowest BCUT2D eigenvalue weighted by molar-refractivity contribution is -0.136. The van der Waals surface area contributed by atoms with Gasteiger partial charge in [-0.25, -0.2) is 9.97 Å². The first-order chi connectivity index (χ1) is 14.9. The predicted octanol–water partition coefficient (Wildman–Crippen LogP) is 0.106. The number of hydrogen-bond acceptors (Lipinski definition) is 9. The lowest BCUT2D eigenvalue weighted by Gasteiger charge is -2.31. The van der Waals surface area contributed by atoms with Gasteiger partial charge in [-0.3, -0.25) is 9.69 Å². The van der Waals surface area contributed by atoms with Crippen LogP contribution in [0.3, 0.4) is 0 Å². The van der Waals surface area contributed by atoms with Crippen LogP contribution in [0.25, 0.3) is 0 Å². The van der Waals surface area contributed by atoms with E-state index < -0.39 is 18.3 Å². The summed E-state index contributed by atoms with van der Waals surface area (Å²) >= 11 is 0. The molecule has 1 aliphatic rings. The number of carbonyl (C=O) groups excluding carboxylic acids is 1. The molecule has 0 bridgehead atoms. The van der Waals surface area contributed by atoms with E-state index in [0.717, 1.165) is 44.5 Å². The van der Waals surface area contributed by atoms with Crippen molar-refractivity contribution < 1.29 is 24.5 Å². The number of rotatable bonds is 4. The summed E-state index contributed by atoms with van der Waals surface area (Å²) < 4.78 is 10.9. The molecule has 10 heteroatoms. The van der Waals surface area contributed by atoms with Crippen molar-refractivity contribution in [2.24, 2.45) is 0 Å². The van der Waals surface area contributed by atoms with Crippen LogP contribution in [0, 0.1) is 0 Å². The van der Waals surface area contributed by atoms with Crippen LogP contribution < -0.4 is 5.32 Å². The maximum atomic E-state index is 12.1. The van der Waals surface area contributed by atoms with E-state index in [4.69, 9.17) is 9.47 Å². The van der Waals surface area contributed by atoms with Crippen molar-refractivity contribution in [3.8, 4) is 0 Å². The van der Waals surface area contributed by atoms with Gasteiger partial charge in [-0.15, -0.1) is 0 Å². The predicted molar refractivity (Wildman–Crippen MR) is 117 cm³/mol. The van der Waals surface area contributed by atoms with Gasteiger partial charge >= 0.3 is 0 Å². The van der Waals surface area contributed by atoms with E-state index >= 15 is 0 Å². The molecule has 0 aliphatic carbocycles. The van der Waals surface area contributed by atoms with Gasteiger partial charge < -0.3 is 29.9 Å². The molecule has 0 aromatic carbocycles. The second-order valence-electron chi connectivity index (χ2n) is 7.87. The fourth-order valence-corrected chi connectivity index (χ4v) is 3.59. The third-order valence-corrected chi connectivity index (χ3v) is 5.46. The molecule has 1 aromatic rings. The molecule has 1 saturated heterocycles. The van der Waals surface area contributed by atoms with Gasteiger partial charge in [0.1, 0.15) is 18.3 Å². The Hall–Kier alpha value is -1.85. The van der Waals surface area contributed by atoms with Crippen molar-refractivity contribution in [3.63, 3.8) is 0 Å². The number of nitrogens with zero attached hydrogens (tertiary/aromatic N) is 4. The normalized spacial score (nSPS) is 25.5. The van der Waals surface area contributed by atoms with Gasteiger partial charge in [0.2, 0.25) is 11.9 Å². The Morgan fingerprint density at radius 1 is 1.23 bits per heavy atom. The van der Waals surface area contributed by atoms with Gasteiger partial charge in [0.25, 0.3) is 0 Å². The fraction of sp³-hybridized carbons (Fsp3) is 0.762. The smallest absolute Gasteiger partial charge is 0.222 e. The van der Waals surface area contributed by atoms with Crippen LogP contribution >= 0.6 is 0 Å². The van der Waals surface area contributed by atoms with Crippen LogP contribution in [-0.2, 0) is 20.8 Å². The van der Waals surface area contributed by atoms with Crippen molar-refractivity contribution in [1.29, 1.82) is 0 Å². The second-order valence-corrected chi connectivity index (χ2v) is 7.87. The Bertz CT molecular complexity index is 648. The summed E-state index contributed by atoms with van der Waals surface area (Å²) in [6.07, 6.45) is 3.33. The van der Waals surface area contributed by atoms with Crippen molar-refractivity contribution in [2.45, 2.75) is 51.0 Å². The van der Waals surface area contributed by atoms with E-state index in [1.807, 2.05) is 12.4 Å². The molecule has 0 saturated carbocycles. The van der Waals surface area contributed by atoms with Crippen molar-refractivity contribution in [1.82, 2.24) is 19.8 Å². The molecule has 10 nitrogen and oxygen atoms in total. The maximum Gasteiger partial charge on any atom is 0.222 e. The molecule has 1 fully saturated rings. The first-order valence-corrected chi connectivity index (χ1v) is 10.9.